The lowest BCUT2D eigenvalue weighted by Crippen LogP contribution is -2.28. The minimum Gasteiger partial charge on any atom is -0.307 e. The Morgan fingerprint density at radius 1 is 1.29 bits per heavy atom. The Kier molecular flexibility index (Phi) is 2.55. The fraction of sp³-hybridized carbons (Fsp3) is 0.583. The Hall–Kier alpha value is -1.49. The zero-order valence-electron chi connectivity index (χ0n) is 10.3. The molecule has 1 aliphatic heterocycles. The first-order chi connectivity index (χ1) is 8.25. The molecule has 0 bridgehead atoms. The SMILES string of the molecule is Cc1cc2nnc(C3CCCCN3)n2c(C)n1. The van der Waals surface area contributed by atoms with E-state index in [2.05, 4.69) is 24.9 Å². The Bertz CT molecular complexity index is 539. The van der Waals surface area contributed by atoms with Gasteiger partial charge in [-0.15, -0.1) is 10.2 Å². The largest absolute Gasteiger partial charge is 0.307 e. The second-order valence-electron chi connectivity index (χ2n) is 4.70. The Morgan fingerprint density at radius 3 is 2.94 bits per heavy atom. The highest BCUT2D eigenvalue weighted by molar-refractivity contribution is 5.40. The van der Waals surface area contributed by atoms with Crippen molar-refractivity contribution < 1.29 is 0 Å². The normalized spacial score (nSPS) is 20.9. The van der Waals surface area contributed by atoms with E-state index in [9.17, 15) is 0 Å². The summed E-state index contributed by atoms with van der Waals surface area (Å²) < 4.78 is 2.07. The number of aryl methyl sites for hydroxylation is 2. The van der Waals surface area contributed by atoms with Crippen LogP contribution in [0.5, 0.6) is 0 Å². The molecule has 0 saturated carbocycles. The predicted molar refractivity (Wildman–Crippen MR) is 64.9 cm³/mol. The molecule has 0 amide bonds. The lowest BCUT2D eigenvalue weighted by molar-refractivity contribution is 0.394. The van der Waals surface area contributed by atoms with Crippen molar-refractivity contribution in [1.82, 2.24) is 24.9 Å². The molecule has 0 radical (unpaired) electrons. The van der Waals surface area contributed by atoms with Crippen molar-refractivity contribution in [1.29, 1.82) is 0 Å². The van der Waals surface area contributed by atoms with E-state index in [1.807, 2.05) is 19.9 Å². The molecule has 3 heterocycles. The molecule has 90 valence electrons. The molecule has 2 aromatic heterocycles. The molecule has 1 N–H and O–H groups in total. The fourth-order valence-electron chi connectivity index (χ4n) is 2.56. The van der Waals surface area contributed by atoms with Crippen molar-refractivity contribution in [2.24, 2.45) is 0 Å². The van der Waals surface area contributed by atoms with Crippen molar-refractivity contribution in [2.75, 3.05) is 6.54 Å². The molecular formula is C12H17N5. The van der Waals surface area contributed by atoms with Crippen molar-refractivity contribution >= 4 is 5.65 Å². The molecule has 1 saturated heterocycles. The Morgan fingerprint density at radius 2 is 2.18 bits per heavy atom. The maximum absolute atomic E-state index is 4.48. The summed E-state index contributed by atoms with van der Waals surface area (Å²) in [7, 11) is 0. The number of nitrogens with zero attached hydrogens (tertiary/aromatic N) is 4. The van der Waals surface area contributed by atoms with E-state index < -0.39 is 0 Å². The van der Waals surface area contributed by atoms with Gasteiger partial charge in [-0.2, -0.15) is 0 Å². The van der Waals surface area contributed by atoms with Gasteiger partial charge in [0.15, 0.2) is 11.5 Å². The summed E-state index contributed by atoms with van der Waals surface area (Å²) in [5.41, 5.74) is 1.89. The van der Waals surface area contributed by atoms with Crippen LogP contribution in [0.25, 0.3) is 5.65 Å². The third-order valence-corrected chi connectivity index (χ3v) is 3.33. The van der Waals surface area contributed by atoms with Gasteiger partial charge in [-0.05, 0) is 33.2 Å². The molecule has 0 aromatic carbocycles. The van der Waals surface area contributed by atoms with E-state index in [-0.39, 0.29) is 0 Å². The molecular weight excluding hydrogens is 214 g/mol. The smallest absolute Gasteiger partial charge is 0.164 e. The standard InChI is InChI=1S/C12H17N5/c1-8-7-11-15-16-12(17(11)9(2)14-8)10-5-3-4-6-13-10/h7,10,13H,3-6H2,1-2H3. The Labute approximate surface area is 100 Å². The number of hydrogen-bond donors (Lipinski definition) is 1. The first-order valence-electron chi connectivity index (χ1n) is 6.18. The molecule has 0 aliphatic carbocycles. The summed E-state index contributed by atoms with van der Waals surface area (Å²) in [5.74, 6) is 1.97. The van der Waals surface area contributed by atoms with Gasteiger partial charge < -0.3 is 5.32 Å². The molecule has 1 aliphatic rings. The third-order valence-electron chi connectivity index (χ3n) is 3.33. The van der Waals surface area contributed by atoms with Crippen LogP contribution in [0.2, 0.25) is 0 Å². The highest BCUT2D eigenvalue weighted by Gasteiger charge is 2.21. The maximum atomic E-state index is 4.48. The minimum absolute atomic E-state index is 0.321. The monoisotopic (exact) mass is 231 g/mol. The van der Waals surface area contributed by atoms with Gasteiger partial charge in [0, 0.05) is 11.8 Å². The fourth-order valence-corrected chi connectivity index (χ4v) is 2.56. The van der Waals surface area contributed by atoms with Crippen LogP contribution >= 0.6 is 0 Å². The summed E-state index contributed by atoms with van der Waals surface area (Å²) >= 11 is 0. The van der Waals surface area contributed by atoms with E-state index in [4.69, 9.17) is 0 Å². The van der Waals surface area contributed by atoms with Crippen LogP contribution in [0.4, 0.5) is 0 Å². The van der Waals surface area contributed by atoms with Crippen LogP contribution in [-0.2, 0) is 0 Å². The molecule has 5 heteroatoms. The van der Waals surface area contributed by atoms with E-state index >= 15 is 0 Å². The van der Waals surface area contributed by atoms with E-state index in [0.717, 1.165) is 36.0 Å². The zero-order chi connectivity index (χ0) is 11.8. The van der Waals surface area contributed by atoms with Gasteiger partial charge in [0.2, 0.25) is 0 Å². The minimum atomic E-state index is 0.321. The average molecular weight is 231 g/mol. The van der Waals surface area contributed by atoms with Gasteiger partial charge in [0.05, 0.1) is 6.04 Å². The van der Waals surface area contributed by atoms with Gasteiger partial charge in [0.25, 0.3) is 0 Å². The first kappa shape index (κ1) is 10.7. The highest BCUT2D eigenvalue weighted by atomic mass is 15.3. The Balaban J connectivity index is 2.10. The summed E-state index contributed by atoms with van der Waals surface area (Å²) in [4.78, 5) is 4.48. The van der Waals surface area contributed by atoms with Gasteiger partial charge in [-0.3, -0.25) is 4.40 Å². The predicted octanol–water partition coefficient (Wildman–Crippen LogP) is 1.56. The molecule has 3 rings (SSSR count). The topological polar surface area (TPSA) is 55.1 Å². The van der Waals surface area contributed by atoms with Gasteiger partial charge in [0.1, 0.15) is 5.82 Å². The lowest BCUT2D eigenvalue weighted by Gasteiger charge is -2.22. The number of fused-ring (bicyclic) bond motifs is 1. The third kappa shape index (κ3) is 1.80. The van der Waals surface area contributed by atoms with E-state index in [0.29, 0.717) is 6.04 Å². The average Bonchev–Trinajstić information content (AvgIpc) is 2.74. The van der Waals surface area contributed by atoms with Crippen molar-refractivity contribution in [3.63, 3.8) is 0 Å². The summed E-state index contributed by atoms with van der Waals surface area (Å²) in [6.45, 7) is 5.06. The number of rotatable bonds is 1. The van der Waals surface area contributed by atoms with Crippen molar-refractivity contribution in [3.8, 4) is 0 Å². The number of hydrogen-bond acceptors (Lipinski definition) is 4. The summed E-state index contributed by atoms with van der Waals surface area (Å²) in [6, 6.07) is 2.30. The van der Waals surface area contributed by atoms with Crippen LogP contribution in [0.1, 0.15) is 42.6 Å². The summed E-state index contributed by atoms with van der Waals surface area (Å²) in [5, 5.41) is 12.1. The molecule has 1 fully saturated rings. The second kappa shape index (κ2) is 4.07. The van der Waals surface area contributed by atoms with Crippen LogP contribution in [-0.4, -0.2) is 26.1 Å². The van der Waals surface area contributed by atoms with Crippen molar-refractivity contribution in [3.05, 3.63) is 23.4 Å². The number of aromatic nitrogens is 4. The molecule has 2 aromatic rings. The van der Waals surface area contributed by atoms with E-state index in [1.165, 1.54) is 12.8 Å². The first-order valence-corrected chi connectivity index (χ1v) is 6.18. The molecule has 17 heavy (non-hydrogen) atoms. The van der Waals surface area contributed by atoms with Crippen LogP contribution in [0.3, 0.4) is 0 Å². The number of nitrogens with one attached hydrogen (secondary N) is 1. The van der Waals surface area contributed by atoms with Crippen LogP contribution < -0.4 is 5.32 Å². The highest BCUT2D eigenvalue weighted by Crippen LogP contribution is 2.22. The quantitative estimate of drug-likeness (QED) is 0.809. The lowest BCUT2D eigenvalue weighted by atomic mass is 10.0. The molecule has 0 spiro atoms. The maximum Gasteiger partial charge on any atom is 0.164 e. The molecule has 1 unspecified atom stereocenters. The van der Waals surface area contributed by atoms with Gasteiger partial charge in [-0.25, -0.2) is 4.98 Å². The van der Waals surface area contributed by atoms with Crippen LogP contribution in [0.15, 0.2) is 6.07 Å². The van der Waals surface area contributed by atoms with E-state index in [1.54, 1.807) is 0 Å². The van der Waals surface area contributed by atoms with Gasteiger partial charge >= 0.3 is 0 Å². The molecule has 1 atom stereocenters. The van der Waals surface area contributed by atoms with Crippen molar-refractivity contribution in [2.45, 2.75) is 39.2 Å². The number of piperidine rings is 1. The second-order valence-corrected chi connectivity index (χ2v) is 4.70. The van der Waals surface area contributed by atoms with Gasteiger partial charge in [-0.1, -0.05) is 6.42 Å². The summed E-state index contributed by atoms with van der Waals surface area (Å²) in [6.07, 6.45) is 3.64. The van der Waals surface area contributed by atoms with Crippen LogP contribution in [0, 0.1) is 13.8 Å². The molecule has 5 nitrogen and oxygen atoms in total. The zero-order valence-corrected chi connectivity index (χ0v) is 10.3.